The number of hydrogen-bond acceptors (Lipinski definition) is 4. The quantitative estimate of drug-likeness (QED) is 0.668. The summed E-state index contributed by atoms with van der Waals surface area (Å²) in [6.45, 7) is 1.83. The smallest absolute Gasteiger partial charge is 0.216 e. The van der Waals surface area contributed by atoms with Gasteiger partial charge in [0.25, 0.3) is 0 Å². The number of aryl methyl sites for hydroxylation is 1. The van der Waals surface area contributed by atoms with E-state index in [1.54, 1.807) is 18.0 Å². The van der Waals surface area contributed by atoms with Crippen molar-refractivity contribution in [3.8, 4) is 5.75 Å². The van der Waals surface area contributed by atoms with Crippen molar-refractivity contribution in [1.82, 2.24) is 14.9 Å². The lowest BCUT2D eigenvalue weighted by Crippen LogP contribution is -1.95. The second-order valence-electron chi connectivity index (χ2n) is 3.37. The fraction of sp³-hybridized carbons (Fsp3) is 0.182. The van der Waals surface area contributed by atoms with E-state index in [9.17, 15) is 0 Å². The minimum absolute atomic E-state index is 0.466. The number of para-hydroxylation sites is 1. The maximum absolute atomic E-state index is 5.23. The second-order valence-corrected chi connectivity index (χ2v) is 3.76. The molecule has 1 aromatic heterocycles. The van der Waals surface area contributed by atoms with E-state index in [0.29, 0.717) is 10.6 Å². The van der Waals surface area contributed by atoms with Crippen LogP contribution in [0.5, 0.6) is 5.75 Å². The first kappa shape index (κ1) is 11.5. The molecule has 0 aliphatic carbocycles. The minimum Gasteiger partial charge on any atom is -0.496 e. The highest BCUT2D eigenvalue weighted by Gasteiger charge is 2.00. The summed E-state index contributed by atoms with van der Waals surface area (Å²) in [6, 6.07) is 7.63. The van der Waals surface area contributed by atoms with Gasteiger partial charge in [0.05, 0.1) is 13.3 Å². The summed E-state index contributed by atoms with van der Waals surface area (Å²) in [6.07, 6.45) is 1.69. The van der Waals surface area contributed by atoms with Crippen molar-refractivity contribution in [2.24, 2.45) is 5.10 Å². The molecule has 2 aromatic rings. The van der Waals surface area contributed by atoms with Crippen LogP contribution in [0.15, 0.2) is 29.4 Å². The third kappa shape index (κ3) is 2.42. The number of rotatable bonds is 3. The number of nitrogens with zero attached hydrogens (tertiary/aromatic N) is 3. The number of aromatic amines is 1. The van der Waals surface area contributed by atoms with Crippen LogP contribution < -0.4 is 4.74 Å². The normalized spacial score (nSPS) is 10.9. The summed E-state index contributed by atoms with van der Waals surface area (Å²) in [5.74, 6) is 1.48. The monoisotopic (exact) mass is 248 g/mol. The van der Waals surface area contributed by atoms with Crippen molar-refractivity contribution in [1.29, 1.82) is 0 Å². The molecule has 0 unspecified atom stereocenters. The van der Waals surface area contributed by atoms with Gasteiger partial charge in [0, 0.05) is 5.56 Å². The van der Waals surface area contributed by atoms with Crippen molar-refractivity contribution in [3.05, 3.63) is 40.4 Å². The van der Waals surface area contributed by atoms with Crippen molar-refractivity contribution in [3.63, 3.8) is 0 Å². The molecule has 17 heavy (non-hydrogen) atoms. The largest absolute Gasteiger partial charge is 0.496 e. The van der Waals surface area contributed by atoms with Crippen molar-refractivity contribution in [2.75, 3.05) is 7.11 Å². The fourth-order valence-corrected chi connectivity index (χ4v) is 1.62. The van der Waals surface area contributed by atoms with E-state index in [-0.39, 0.29) is 0 Å². The molecule has 0 radical (unpaired) electrons. The molecule has 1 heterocycles. The number of methoxy groups -OCH3 is 1. The van der Waals surface area contributed by atoms with Crippen LogP contribution in [0.25, 0.3) is 0 Å². The summed E-state index contributed by atoms with van der Waals surface area (Å²) in [5, 5.41) is 10.9. The average Bonchev–Trinajstić information content (AvgIpc) is 2.67. The maximum Gasteiger partial charge on any atom is 0.216 e. The van der Waals surface area contributed by atoms with Gasteiger partial charge >= 0.3 is 0 Å². The van der Waals surface area contributed by atoms with Gasteiger partial charge in [-0.15, -0.1) is 0 Å². The molecule has 0 amide bonds. The molecule has 6 heteroatoms. The Labute approximate surface area is 104 Å². The highest BCUT2D eigenvalue weighted by Crippen LogP contribution is 2.14. The van der Waals surface area contributed by atoms with Gasteiger partial charge in [0.1, 0.15) is 11.6 Å². The highest BCUT2D eigenvalue weighted by molar-refractivity contribution is 7.71. The van der Waals surface area contributed by atoms with E-state index < -0.39 is 0 Å². The lowest BCUT2D eigenvalue weighted by Gasteiger charge is -2.02. The van der Waals surface area contributed by atoms with Gasteiger partial charge in [-0.2, -0.15) is 14.9 Å². The Morgan fingerprint density at radius 1 is 1.47 bits per heavy atom. The summed E-state index contributed by atoms with van der Waals surface area (Å²) < 4.78 is 7.25. The van der Waals surface area contributed by atoms with Crippen LogP contribution in [0.4, 0.5) is 0 Å². The number of benzene rings is 1. The summed E-state index contributed by atoms with van der Waals surface area (Å²) in [5.41, 5.74) is 0.887. The Morgan fingerprint density at radius 3 is 2.88 bits per heavy atom. The summed E-state index contributed by atoms with van der Waals surface area (Å²) in [7, 11) is 1.63. The molecule has 2 rings (SSSR count). The lowest BCUT2D eigenvalue weighted by molar-refractivity contribution is 0.414. The molecular weight excluding hydrogens is 236 g/mol. The predicted octanol–water partition coefficient (Wildman–Crippen LogP) is 2.14. The first-order valence-electron chi connectivity index (χ1n) is 5.04. The first-order valence-corrected chi connectivity index (χ1v) is 5.44. The third-order valence-corrected chi connectivity index (χ3v) is 2.53. The van der Waals surface area contributed by atoms with Gasteiger partial charge in [0.2, 0.25) is 4.77 Å². The first-order chi connectivity index (χ1) is 8.22. The van der Waals surface area contributed by atoms with Gasteiger partial charge in [-0.25, -0.2) is 0 Å². The topological polar surface area (TPSA) is 55.2 Å². The van der Waals surface area contributed by atoms with Crippen LogP contribution in [0, 0.1) is 11.7 Å². The molecule has 0 atom stereocenters. The van der Waals surface area contributed by atoms with Crippen LogP contribution in [0.3, 0.4) is 0 Å². The standard InChI is InChI=1S/C11H12N4OS/c1-8-13-14-11(17)15(8)12-7-9-5-3-4-6-10(9)16-2/h3-7H,1-2H3,(H,14,17). The Morgan fingerprint density at radius 2 is 2.24 bits per heavy atom. The average molecular weight is 248 g/mol. The van der Waals surface area contributed by atoms with Crippen molar-refractivity contribution >= 4 is 18.4 Å². The van der Waals surface area contributed by atoms with Crippen LogP contribution in [-0.2, 0) is 0 Å². The van der Waals surface area contributed by atoms with Gasteiger partial charge in [0.15, 0.2) is 0 Å². The lowest BCUT2D eigenvalue weighted by atomic mass is 10.2. The molecule has 1 N–H and O–H groups in total. The SMILES string of the molecule is COc1ccccc1C=Nn1c(C)n[nH]c1=S. The summed E-state index contributed by atoms with van der Waals surface area (Å²) >= 11 is 5.05. The Kier molecular flexibility index (Phi) is 3.34. The molecule has 0 spiro atoms. The molecule has 0 saturated heterocycles. The van der Waals surface area contributed by atoms with Crippen LogP contribution in [0.2, 0.25) is 0 Å². The molecule has 0 saturated carbocycles. The van der Waals surface area contributed by atoms with Gasteiger partial charge < -0.3 is 4.74 Å². The molecule has 5 nitrogen and oxygen atoms in total. The zero-order valence-electron chi connectivity index (χ0n) is 9.54. The van der Waals surface area contributed by atoms with Crippen LogP contribution in [-0.4, -0.2) is 28.2 Å². The zero-order valence-corrected chi connectivity index (χ0v) is 10.4. The number of H-pyrrole nitrogens is 1. The maximum atomic E-state index is 5.23. The molecule has 0 aliphatic rings. The van der Waals surface area contributed by atoms with Crippen LogP contribution >= 0.6 is 12.2 Å². The second kappa shape index (κ2) is 4.92. The van der Waals surface area contributed by atoms with E-state index in [4.69, 9.17) is 17.0 Å². The predicted molar refractivity (Wildman–Crippen MR) is 68.1 cm³/mol. The molecule has 0 fully saturated rings. The summed E-state index contributed by atoms with van der Waals surface area (Å²) in [4.78, 5) is 0. The highest BCUT2D eigenvalue weighted by atomic mass is 32.1. The number of hydrogen-bond donors (Lipinski definition) is 1. The molecule has 0 bridgehead atoms. The molecular formula is C11H12N4OS. The van der Waals surface area contributed by atoms with E-state index in [0.717, 1.165) is 11.3 Å². The molecule has 1 aromatic carbocycles. The van der Waals surface area contributed by atoms with Crippen molar-refractivity contribution in [2.45, 2.75) is 6.92 Å². The zero-order chi connectivity index (χ0) is 12.3. The van der Waals surface area contributed by atoms with Crippen molar-refractivity contribution < 1.29 is 4.74 Å². The molecule has 0 aliphatic heterocycles. The number of ether oxygens (including phenoxy) is 1. The van der Waals surface area contributed by atoms with E-state index in [2.05, 4.69) is 15.3 Å². The van der Waals surface area contributed by atoms with Gasteiger partial charge in [-0.1, -0.05) is 12.1 Å². The van der Waals surface area contributed by atoms with Crippen LogP contribution in [0.1, 0.15) is 11.4 Å². The van der Waals surface area contributed by atoms with Gasteiger partial charge in [-0.3, -0.25) is 5.10 Å². The van der Waals surface area contributed by atoms with Gasteiger partial charge in [-0.05, 0) is 31.3 Å². The Bertz CT molecular complexity index is 600. The van der Waals surface area contributed by atoms with E-state index in [1.165, 1.54) is 0 Å². The third-order valence-electron chi connectivity index (χ3n) is 2.26. The molecule has 88 valence electrons. The van der Waals surface area contributed by atoms with E-state index >= 15 is 0 Å². The minimum atomic E-state index is 0.466. The number of nitrogens with one attached hydrogen (secondary N) is 1. The number of aromatic nitrogens is 3. The Balaban J connectivity index is 2.35. The van der Waals surface area contributed by atoms with E-state index in [1.807, 2.05) is 31.2 Å². The Hall–Kier alpha value is -1.95. The fourth-order valence-electron chi connectivity index (χ4n) is 1.40.